The number of carboxylic acid groups (broad SMARTS) is 1. The fourth-order valence-corrected chi connectivity index (χ4v) is 2.68. The van der Waals surface area contributed by atoms with Crippen molar-refractivity contribution in [2.24, 2.45) is 0 Å². The van der Waals surface area contributed by atoms with E-state index >= 15 is 0 Å². The van der Waals surface area contributed by atoms with Gasteiger partial charge in [0, 0.05) is 24.0 Å². The van der Waals surface area contributed by atoms with Crippen LogP contribution in [0.4, 0.5) is 0 Å². The molecule has 1 aliphatic rings. The van der Waals surface area contributed by atoms with E-state index in [0.717, 1.165) is 12.8 Å². The Bertz CT molecular complexity index is 788. The minimum atomic E-state index is -1.38. The van der Waals surface area contributed by atoms with Crippen molar-refractivity contribution >= 4 is 22.8 Å². The third-order valence-electron chi connectivity index (χ3n) is 3.73. The molecule has 1 fully saturated rings. The molecule has 0 saturated carbocycles. The summed E-state index contributed by atoms with van der Waals surface area (Å²) in [4.78, 5) is 40.6. The summed E-state index contributed by atoms with van der Waals surface area (Å²) in [6, 6.07) is 6.59. The molecule has 0 unspecified atom stereocenters. The van der Waals surface area contributed by atoms with Crippen molar-refractivity contribution in [1.29, 1.82) is 0 Å². The highest BCUT2D eigenvalue weighted by Crippen LogP contribution is 2.16. The maximum absolute atomic E-state index is 12.5. The number of pyridine rings is 1. The fourth-order valence-electron chi connectivity index (χ4n) is 2.68. The second-order valence-electron chi connectivity index (χ2n) is 5.05. The van der Waals surface area contributed by atoms with Gasteiger partial charge < -0.3 is 15.0 Å². The third-order valence-corrected chi connectivity index (χ3v) is 3.73. The maximum atomic E-state index is 12.5. The number of carboxylic acids is 1. The van der Waals surface area contributed by atoms with Gasteiger partial charge in [0.05, 0.1) is 0 Å². The van der Waals surface area contributed by atoms with Crippen LogP contribution in [0.2, 0.25) is 0 Å². The van der Waals surface area contributed by atoms with Gasteiger partial charge in [0.2, 0.25) is 5.43 Å². The van der Waals surface area contributed by atoms with Crippen molar-refractivity contribution in [1.82, 2.24) is 9.88 Å². The van der Waals surface area contributed by atoms with E-state index in [2.05, 4.69) is 4.98 Å². The zero-order valence-corrected chi connectivity index (χ0v) is 11.3. The number of aromatic carboxylic acids is 1. The van der Waals surface area contributed by atoms with E-state index in [1.54, 1.807) is 29.2 Å². The van der Waals surface area contributed by atoms with Gasteiger partial charge in [0.15, 0.2) is 0 Å². The number of hydrogen-bond acceptors (Lipinski definition) is 3. The zero-order chi connectivity index (χ0) is 15.0. The Morgan fingerprint density at radius 2 is 1.81 bits per heavy atom. The number of carbonyl (C=O) groups is 2. The monoisotopic (exact) mass is 286 g/mol. The van der Waals surface area contributed by atoms with Gasteiger partial charge >= 0.3 is 5.97 Å². The lowest BCUT2D eigenvalue weighted by molar-refractivity contribution is 0.0678. The molecule has 6 heteroatoms. The van der Waals surface area contributed by atoms with Crippen LogP contribution in [0.25, 0.3) is 10.9 Å². The smallest absolute Gasteiger partial charge is 0.342 e. The summed E-state index contributed by atoms with van der Waals surface area (Å²) < 4.78 is 0. The highest BCUT2D eigenvalue weighted by Gasteiger charge is 2.27. The summed E-state index contributed by atoms with van der Waals surface area (Å²) in [5.41, 5.74) is -0.770. The van der Waals surface area contributed by atoms with Crippen molar-refractivity contribution in [2.45, 2.75) is 12.8 Å². The van der Waals surface area contributed by atoms with E-state index < -0.39 is 22.9 Å². The first-order valence-electron chi connectivity index (χ1n) is 6.77. The third kappa shape index (κ3) is 2.18. The average Bonchev–Trinajstić information content (AvgIpc) is 3.00. The van der Waals surface area contributed by atoms with E-state index in [1.165, 1.54) is 0 Å². The molecule has 1 aromatic carbocycles. The molecule has 21 heavy (non-hydrogen) atoms. The lowest BCUT2D eigenvalue weighted by Gasteiger charge is -2.16. The van der Waals surface area contributed by atoms with Crippen LogP contribution in [0.15, 0.2) is 29.1 Å². The first kappa shape index (κ1) is 13.4. The van der Waals surface area contributed by atoms with Crippen LogP contribution in [0.5, 0.6) is 0 Å². The number of benzene rings is 1. The van der Waals surface area contributed by atoms with Crippen LogP contribution in [0, 0.1) is 0 Å². The number of aromatic nitrogens is 1. The number of carbonyl (C=O) groups excluding carboxylic acids is 1. The summed E-state index contributed by atoms with van der Waals surface area (Å²) >= 11 is 0. The quantitative estimate of drug-likeness (QED) is 0.874. The number of H-pyrrole nitrogens is 1. The Kier molecular flexibility index (Phi) is 3.21. The number of rotatable bonds is 2. The Labute approximate surface area is 120 Å². The average molecular weight is 286 g/mol. The Balaban J connectivity index is 2.25. The van der Waals surface area contributed by atoms with E-state index in [4.69, 9.17) is 0 Å². The van der Waals surface area contributed by atoms with E-state index in [1.807, 2.05) is 0 Å². The van der Waals surface area contributed by atoms with Crippen molar-refractivity contribution in [3.63, 3.8) is 0 Å². The molecule has 3 rings (SSSR count). The number of nitrogens with one attached hydrogen (secondary N) is 1. The molecule has 2 heterocycles. The summed E-state index contributed by atoms with van der Waals surface area (Å²) in [5.74, 6) is -1.81. The number of hydrogen-bond donors (Lipinski definition) is 2. The molecule has 0 spiro atoms. The number of fused-ring (bicyclic) bond motifs is 1. The topological polar surface area (TPSA) is 90.5 Å². The molecule has 0 radical (unpaired) electrons. The van der Waals surface area contributed by atoms with Crippen LogP contribution in [0.3, 0.4) is 0 Å². The van der Waals surface area contributed by atoms with Gasteiger partial charge in [0.25, 0.3) is 5.91 Å². The van der Waals surface area contributed by atoms with Crippen LogP contribution in [-0.2, 0) is 0 Å². The molecule has 2 aromatic rings. The van der Waals surface area contributed by atoms with Crippen LogP contribution in [-0.4, -0.2) is 40.0 Å². The summed E-state index contributed by atoms with van der Waals surface area (Å²) in [6.07, 6.45) is 1.79. The van der Waals surface area contributed by atoms with Crippen molar-refractivity contribution < 1.29 is 14.7 Å². The fraction of sp³-hybridized carbons (Fsp3) is 0.267. The number of likely N-dealkylation sites (tertiary alicyclic amines) is 1. The molecule has 0 atom stereocenters. The van der Waals surface area contributed by atoms with Gasteiger partial charge in [-0.3, -0.25) is 9.59 Å². The maximum Gasteiger partial charge on any atom is 0.342 e. The normalized spacial score (nSPS) is 14.6. The Morgan fingerprint density at radius 3 is 2.48 bits per heavy atom. The molecule has 2 N–H and O–H groups in total. The minimum absolute atomic E-state index is 0.131. The van der Waals surface area contributed by atoms with Crippen molar-refractivity contribution in [3.8, 4) is 0 Å². The van der Waals surface area contributed by atoms with Crippen molar-refractivity contribution in [2.75, 3.05) is 13.1 Å². The zero-order valence-electron chi connectivity index (χ0n) is 11.3. The van der Waals surface area contributed by atoms with Gasteiger partial charge in [-0.05, 0) is 25.0 Å². The Morgan fingerprint density at radius 1 is 1.14 bits per heavy atom. The first-order chi connectivity index (χ1) is 10.1. The van der Waals surface area contributed by atoms with Crippen LogP contribution >= 0.6 is 0 Å². The van der Waals surface area contributed by atoms with E-state index in [0.29, 0.717) is 18.6 Å². The number of amides is 1. The lowest BCUT2D eigenvalue weighted by atomic mass is 10.1. The molecule has 0 bridgehead atoms. The first-order valence-corrected chi connectivity index (χ1v) is 6.77. The van der Waals surface area contributed by atoms with E-state index in [9.17, 15) is 19.5 Å². The lowest BCUT2D eigenvalue weighted by Crippen LogP contribution is -2.32. The second-order valence-corrected chi connectivity index (χ2v) is 5.05. The van der Waals surface area contributed by atoms with Crippen LogP contribution in [0.1, 0.15) is 33.7 Å². The molecular formula is C15H14N2O4. The molecule has 108 valence electrons. The highest BCUT2D eigenvalue weighted by atomic mass is 16.4. The molecule has 6 nitrogen and oxygen atoms in total. The van der Waals surface area contributed by atoms with Gasteiger partial charge in [-0.25, -0.2) is 4.79 Å². The standard InChI is InChI=1S/C15H14N2O4/c18-13-9-5-1-2-6-10(9)16-12(11(13)15(20)21)14(19)17-7-3-4-8-17/h1-2,5-6H,3-4,7-8H2,(H,16,18)(H,20,21). The molecular weight excluding hydrogens is 272 g/mol. The summed E-state index contributed by atoms with van der Waals surface area (Å²) in [7, 11) is 0. The molecule has 1 aromatic heterocycles. The number of nitrogens with zero attached hydrogens (tertiary/aromatic N) is 1. The predicted molar refractivity (Wildman–Crippen MR) is 76.7 cm³/mol. The van der Waals surface area contributed by atoms with Gasteiger partial charge in [-0.2, -0.15) is 0 Å². The largest absolute Gasteiger partial charge is 0.477 e. The van der Waals surface area contributed by atoms with E-state index in [-0.39, 0.29) is 11.1 Å². The second kappa shape index (κ2) is 5.05. The molecule has 1 aliphatic heterocycles. The number of para-hydroxylation sites is 1. The molecule has 1 amide bonds. The van der Waals surface area contributed by atoms with Gasteiger partial charge in [-0.15, -0.1) is 0 Å². The SMILES string of the molecule is O=C(O)c1c(C(=O)N2CCCC2)[nH]c2ccccc2c1=O. The molecule has 0 aliphatic carbocycles. The number of aromatic amines is 1. The van der Waals surface area contributed by atoms with Crippen LogP contribution < -0.4 is 5.43 Å². The predicted octanol–water partition coefficient (Wildman–Crippen LogP) is 1.46. The highest BCUT2D eigenvalue weighted by molar-refractivity contribution is 6.05. The Hall–Kier alpha value is -2.63. The summed E-state index contributed by atoms with van der Waals surface area (Å²) in [5, 5.41) is 9.58. The van der Waals surface area contributed by atoms with Gasteiger partial charge in [-0.1, -0.05) is 12.1 Å². The van der Waals surface area contributed by atoms with Crippen molar-refractivity contribution in [3.05, 3.63) is 45.7 Å². The summed E-state index contributed by atoms with van der Waals surface area (Å²) in [6.45, 7) is 1.18. The molecule has 1 saturated heterocycles. The van der Waals surface area contributed by atoms with Gasteiger partial charge in [0.1, 0.15) is 11.3 Å². The minimum Gasteiger partial charge on any atom is -0.477 e.